The standard InChI is InChI=1S/C21H25NO/c1-13-6-7-17(10-14(13)2)21(5)9-8-20(22-23)18-11-15(3)16(4)12-19(18)21/h6-7,10-12,23H,8-9H2,1-5H3/b22-20-. The second-order valence-electron chi connectivity index (χ2n) is 7.16. The molecule has 0 aliphatic heterocycles. The lowest BCUT2D eigenvalue weighted by Crippen LogP contribution is -2.32. The number of hydrogen-bond donors (Lipinski definition) is 1. The molecule has 0 saturated heterocycles. The Balaban J connectivity index is 2.25. The molecule has 2 aromatic carbocycles. The van der Waals surface area contributed by atoms with Crippen LogP contribution in [0.2, 0.25) is 0 Å². The zero-order valence-corrected chi connectivity index (χ0v) is 14.7. The minimum atomic E-state index is -0.0412. The van der Waals surface area contributed by atoms with Crippen molar-refractivity contribution in [2.75, 3.05) is 0 Å². The zero-order valence-electron chi connectivity index (χ0n) is 14.7. The van der Waals surface area contributed by atoms with Crippen molar-refractivity contribution in [1.29, 1.82) is 0 Å². The van der Waals surface area contributed by atoms with Gasteiger partial charge in [0.1, 0.15) is 0 Å². The minimum Gasteiger partial charge on any atom is -0.411 e. The van der Waals surface area contributed by atoms with E-state index in [2.05, 4.69) is 70.1 Å². The Morgan fingerprint density at radius 2 is 1.57 bits per heavy atom. The third kappa shape index (κ3) is 2.46. The van der Waals surface area contributed by atoms with Crippen LogP contribution in [0.5, 0.6) is 0 Å². The zero-order chi connectivity index (χ0) is 16.8. The molecule has 3 rings (SSSR count). The summed E-state index contributed by atoms with van der Waals surface area (Å²) in [5.41, 5.74) is 9.69. The highest BCUT2D eigenvalue weighted by atomic mass is 16.4. The van der Waals surface area contributed by atoms with Crippen LogP contribution >= 0.6 is 0 Å². The lowest BCUT2D eigenvalue weighted by atomic mass is 9.66. The Morgan fingerprint density at radius 1 is 0.913 bits per heavy atom. The largest absolute Gasteiger partial charge is 0.411 e. The van der Waals surface area contributed by atoms with Crippen LogP contribution in [0, 0.1) is 27.7 Å². The maximum atomic E-state index is 9.41. The summed E-state index contributed by atoms with van der Waals surface area (Å²) in [6.45, 7) is 10.9. The van der Waals surface area contributed by atoms with Crippen molar-refractivity contribution in [2.24, 2.45) is 5.16 Å². The van der Waals surface area contributed by atoms with Gasteiger partial charge in [0.15, 0.2) is 0 Å². The molecule has 0 radical (unpaired) electrons. The van der Waals surface area contributed by atoms with Gasteiger partial charge in [0.05, 0.1) is 5.71 Å². The van der Waals surface area contributed by atoms with Crippen LogP contribution in [0.25, 0.3) is 0 Å². The predicted octanol–water partition coefficient (Wildman–Crippen LogP) is 5.20. The third-order valence-electron chi connectivity index (χ3n) is 5.67. The van der Waals surface area contributed by atoms with Crippen LogP contribution in [0.1, 0.15) is 58.7 Å². The van der Waals surface area contributed by atoms with Crippen molar-refractivity contribution in [1.82, 2.24) is 0 Å². The SMILES string of the molecule is Cc1ccc(C2(C)CC/C(=N/O)c3cc(C)c(C)cc32)cc1C. The molecule has 1 atom stereocenters. The van der Waals surface area contributed by atoms with Crippen LogP contribution in [-0.2, 0) is 5.41 Å². The van der Waals surface area contributed by atoms with E-state index in [1.54, 1.807) is 0 Å². The fourth-order valence-corrected chi connectivity index (χ4v) is 3.64. The van der Waals surface area contributed by atoms with Crippen LogP contribution in [0.4, 0.5) is 0 Å². The first-order chi connectivity index (χ1) is 10.9. The number of oxime groups is 1. The van der Waals surface area contributed by atoms with Crippen molar-refractivity contribution in [3.8, 4) is 0 Å². The average Bonchev–Trinajstić information content (AvgIpc) is 2.52. The Labute approximate surface area is 138 Å². The molecule has 23 heavy (non-hydrogen) atoms. The van der Waals surface area contributed by atoms with E-state index in [0.717, 1.165) is 24.1 Å². The lowest BCUT2D eigenvalue weighted by Gasteiger charge is -2.37. The first kappa shape index (κ1) is 15.8. The second kappa shape index (κ2) is 5.52. The van der Waals surface area contributed by atoms with Gasteiger partial charge in [-0.25, -0.2) is 0 Å². The maximum Gasteiger partial charge on any atom is 0.0871 e. The molecule has 1 N–H and O–H groups in total. The van der Waals surface area contributed by atoms with E-state index in [9.17, 15) is 5.21 Å². The molecule has 1 aliphatic carbocycles. The molecule has 0 saturated carbocycles. The summed E-state index contributed by atoms with van der Waals surface area (Å²) in [5.74, 6) is 0. The number of aryl methyl sites for hydroxylation is 4. The number of rotatable bonds is 1. The van der Waals surface area contributed by atoms with E-state index in [-0.39, 0.29) is 5.41 Å². The molecular formula is C21H25NO. The van der Waals surface area contributed by atoms with Gasteiger partial charge in [-0.15, -0.1) is 0 Å². The van der Waals surface area contributed by atoms with E-state index in [1.807, 2.05) is 0 Å². The summed E-state index contributed by atoms with van der Waals surface area (Å²) < 4.78 is 0. The Bertz CT molecular complexity index is 804. The first-order valence-corrected chi connectivity index (χ1v) is 8.27. The monoisotopic (exact) mass is 307 g/mol. The van der Waals surface area contributed by atoms with Gasteiger partial charge in [0, 0.05) is 11.0 Å². The highest BCUT2D eigenvalue weighted by molar-refractivity contribution is 6.03. The molecule has 2 heteroatoms. The summed E-state index contributed by atoms with van der Waals surface area (Å²) >= 11 is 0. The Hall–Kier alpha value is -2.09. The molecule has 2 nitrogen and oxygen atoms in total. The molecule has 2 aromatic rings. The van der Waals surface area contributed by atoms with Crippen molar-refractivity contribution in [3.05, 3.63) is 69.3 Å². The quantitative estimate of drug-likeness (QED) is 0.570. The van der Waals surface area contributed by atoms with Gasteiger partial charge in [-0.05, 0) is 80.0 Å². The van der Waals surface area contributed by atoms with Crippen LogP contribution in [-0.4, -0.2) is 10.9 Å². The van der Waals surface area contributed by atoms with E-state index in [1.165, 1.54) is 33.4 Å². The van der Waals surface area contributed by atoms with Crippen molar-refractivity contribution < 1.29 is 5.21 Å². The van der Waals surface area contributed by atoms with Crippen molar-refractivity contribution in [3.63, 3.8) is 0 Å². The smallest absolute Gasteiger partial charge is 0.0871 e. The summed E-state index contributed by atoms with van der Waals surface area (Å²) in [5, 5.41) is 13.0. The maximum absolute atomic E-state index is 9.41. The highest BCUT2D eigenvalue weighted by Gasteiger charge is 2.36. The summed E-state index contributed by atoms with van der Waals surface area (Å²) in [4.78, 5) is 0. The average molecular weight is 307 g/mol. The lowest BCUT2D eigenvalue weighted by molar-refractivity contribution is 0.316. The summed E-state index contributed by atoms with van der Waals surface area (Å²) in [6, 6.07) is 11.2. The molecule has 0 heterocycles. The normalized spacial score (nSPS) is 22.2. The van der Waals surface area contributed by atoms with Crippen LogP contribution < -0.4 is 0 Å². The van der Waals surface area contributed by atoms with E-state index in [4.69, 9.17) is 0 Å². The minimum absolute atomic E-state index is 0.0412. The number of hydrogen-bond acceptors (Lipinski definition) is 2. The van der Waals surface area contributed by atoms with E-state index >= 15 is 0 Å². The third-order valence-corrected chi connectivity index (χ3v) is 5.67. The summed E-state index contributed by atoms with van der Waals surface area (Å²) in [7, 11) is 0. The fraction of sp³-hybridized carbons (Fsp3) is 0.381. The molecule has 0 aromatic heterocycles. The van der Waals surface area contributed by atoms with E-state index in [0.29, 0.717) is 0 Å². The van der Waals surface area contributed by atoms with Gasteiger partial charge >= 0.3 is 0 Å². The number of nitrogens with zero attached hydrogens (tertiary/aromatic N) is 1. The number of fused-ring (bicyclic) bond motifs is 1. The van der Waals surface area contributed by atoms with E-state index < -0.39 is 0 Å². The van der Waals surface area contributed by atoms with Gasteiger partial charge in [0.2, 0.25) is 0 Å². The molecule has 0 amide bonds. The highest BCUT2D eigenvalue weighted by Crippen LogP contribution is 2.43. The predicted molar refractivity (Wildman–Crippen MR) is 95.8 cm³/mol. The molecular weight excluding hydrogens is 282 g/mol. The van der Waals surface area contributed by atoms with Crippen molar-refractivity contribution in [2.45, 2.75) is 52.9 Å². The first-order valence-electron chi connectivity index (χ1n) is 8.27. The Morgan fingerprint density at radius 3 is 2.22 bits per heavy atom. The molecule has 0 fully saturated rings. The topological polar surface area (TPSA) is 32.6 Å². The summed E-state index contributed by atoms with van der Waals surface area (Å²) in [6.07, 6.45) is 1.76. The van der Waals surface area contributed by atoms with Gasteiger partial charge in [0.25, 0.3) is 0 Å². The molecule has 0 spiro atoms. The Kier molecular flexibility index (Phi) is 3.79. The number of benzene rings is 2. The van der Waals surface area contributed by atoms with Gasteiger partial charge in [-0.1, -0.05) is 36.3 Å². The van der Waals surface area contributed by atoms with Gasteiger partial charge in [-0.2, -0.15) is 0 Å². The van der Waals surface area contributed by atoms with Gasteiger partial charge < -0.3 is 5.21 Å². The second-order valence-corrected chi connectivity index (χ2v) is 7.16. The molecule has 0 bridgehead atoms. The molecule has 120 valence electrons. The molecule has 1 unspecified atom stereocenters. The van der Waals surface area contributed by atoms with Crippen LogP contribution in [0.3, 0.4) is 0 Å². The molecule has 1 aliphatic rings. The fourth-order valence-electron chi connectivity index (χ4n) is 3.64. The van der Waals surface area contributed by atoms with Crippen LogP contribution in [0.15, 0.2) is 35.5 Å². The van der Waals surface area contributed by atoms with Gasteiger partial charge in [-0.3, -0.25) is 0 Å². The van der Waals surface area contributed by atoms with Crippen molar-refractivity contribution >= 4 is 5.71 Å².